The molecule has 0 atom stereocenters. The molecule has 1 aliphatic rings. The van der Waals surface area contributed by atoms with E-state index in [0.29, 0.717) is 31.5 Å². The summed E-state index contributed by atoms with van der Waals surface area (Å²) in [6.45, 7) is 6.72. The number of nitrogens with zero attached hydrogens (tertiary/aromatic N) is 1. The van der Waals surface area contributed by atoms with Gasteiger partial charge in [0.2, 0.25) is 0 Å². The van der Waals surface area contributed by atoms with E-state index in [9.17, 15) is 14.4 Å². The van der Waals surface area contributed by atoms with Crippen molar-refractivity contribution in [2.24, 2.45) is 5.92 Å². The standard InChI is InChI=1S/C25H30N2O4/c1-17(2)20-9-6-7-11-22(20)26-23(28)16-31-25(30)19-12-14-27(15-13-19)24(29)21-10-5-4-8-18(21)3/h4-11,17,19H,12-16H2,1-3H3,(H,26,28). The fourth-order valence-electron chi connectivity index (χ4n) is 3.86. The zero-order valence-electron chi connectivity index (χ0n) is 18.4. The van der Waals surface area contributed by atoms with Gasteiger partial charge in [0.15, 0.2) is 6.61 Å². The molecule has 2 amide bonds. The number of hydrogen-bond acceptors (Lipinski definition) is 4. The third-order valence-electron chi connectivity index (χ3n) is 5.69. The third-order valence-corrected chi connectivity index (χ3v) is 5.69. The van der Waals surface area contributed by atoms with Gasteiger partial charge in [-0.2, -0.15) is 0 Å². The molecule has 1 N–H and O–H groups in total. The van der Waals surface area contributed by atoms with Gasteiger partial charge in [-0.1, -0.05) is 50.2 Å². The van der Waals surface area contributed by atoms with E-state index in [2.05, 4.69) is 19.2 Å². The van der Waals surface area contributed by atoms with Crippen LogP contribution in [0.1, 0.15) is 54.1 Å². The Hall–Kier alpha value is -3.15. The molecular formula is C25H30N2O4. The molecule has 164 valence electrons. The summed E-state index contributed by atoms with van der Waals surface area (Å²) in [5.74, 6) is -0.764. The number of benzene rings is 2. The lowest BCUT2D eigenvalue weighted by Crippen LogP contribution is -2.41. The third kappa shape index (κ3) is 5.72. The number of piperidine rings is 1. The number of rotatable bonds is 6. The molecule has 1 fully saturated rings. The van der Waals surface area contributed by atoms with Crippen molar-refractivity contribution in [2.75, 3.05) is 25.0 Å². The Bertz CT molecular complexity index is 946. The number of likely N-dealkylation sites (tertiary alicyclic amines) is 1. The van der Waals surface area contributed by atoms with E-state index in [1.165, 1.54) is 0 Å². The SMILES string of the molecule is Cc1ccccc1C(=O)N1CCC(C(=O)OCC(=O)Nc2ccccc2C(C)C)CC1. The van der Waals surface area contributed by atoms with E-state index in [4.69, 9.17) is 4.74 Å². The second-order valence-electron chi connectivity index (χ2n) is 8.28. The maximum absolute atomic E-state index is 12.7. The van der Waals surface area contributed by atoms with Crippen LogP contribution < -0.4 is 5.32 Å². The van der Waals surface area contributed by atoms with E-state index in [1.807, 2.05) is 55.5 Å². The van der Waals surface area contributed by atoms with Gasteiger partial charge < -0.3 is 15.0 Å². The summed E-state index contributed by atoms with van der Waals surface area (Å²) < 4.78 is 5.26. The van der Waals surface area contributed by atoms with Crippen molar-refractivity contribution in [3.05, 3.63) is 65.2 Å². The molecule has 6 heteroatoms. The van der Waals surface area contributed by atoms with Crippen LogP contribution in [0.5, 0.6) is 0 Å². The second kappa shape index (κ2) is 10.2. The minimum atomic E-state index is -0.379. The first kappa shape index (κ1) is 22.5. The number of hydrogen-bond donors (Lipinski definition) is 1. The molecule has 31 heavy (non-hydrogen) atoms. The van der Waals surface area contributed by atoms with Gasteiger partial charge in [-0.25, -0.2) is 0 Å². The van der Waals surface area contributed by atoms with Crippen molar-refractivity contribution < 1.29 is 19.1 Å². The van der Waals surface area contributed by atoms with Crippen LogP contribution in [-0.4, -0.2) is 42.4 Å². The van der Waals surface area contributed by atoms with Gasteiger partial charge in [0, 0.05) is 24.3 Å². The Kier molecular flexibility index (Phi) is 7.45. The Morgan fingerprint density at radius 3 is 2.35 bits per heavy atom. The Balaban J connectivity index is 1.47. The topological polar surface area (TPSA) is 75.7 Å². The number of anilines is 1. The average molecular weight is 423 g/mol. The normalized spacial score (nSPS) is 14.4. The largest absolute Gasteiger partial charge is 0.455 e. The zero-order valence-corrected chi connectivity index (χ0v) is 18.4. The van der Waals surface area contributed by atoms with Gasteiger partial charge in [-0.05, 0) is 48.9 Å². The van der Waals surface area contributed by atoms with Gasteiger partial charge >= 0.3 is 5.97 Å². The van der Waals surface area contributed by atoms with Crippen LogP contribution in [0.3, 0.4) is 0 Å². The molecule has 3 rings (SSSR count). The maximum Gasteiger partial charge on any atom is 0.309 e. The molecule has 0 aliphatic carbocycles. The number of para-hydroxylation sites is 1. The first-order valence-corrected chi connectivity index (χ1v) is 10.8. The van der Waals surface area contributed by atoms with Crippen LogP contribution in [0, 0.1) is 12.8 Å². The fourth-order valence-corrected chi connectivity index (χ4v) is 3.86. The Labute approximate surface area is 183 Å². The summed E-state index contributed by atoms with van der Waals surface area (Å²) in [6.07, 6.45) is 1.07. The van der Waals surface area contributed by atoms with E-state index < -0.39 is 0 Å². The van der Waals surface area contributed by atoms with Crippen molar-refractivity contribution in [2.45, 2.75) is 39.5 Å². The lowest BCUT2D eigenvalue weighted by atomic mass is 9.96. The maximum atomic E-state index is 12.7. The van der Waals surface area contributed by atoms with Crippen molar-refractivity contribution in [3.8, 4) is 0 Å². The van der Waals surface area contributed by atoms with Gasteiger partial charge in [-0.3, -0.25) is 14.4 Å². The number of aryl methyl sites for hydroxylation is 1. The molecule has 1 aliphatic heterocycles. The second-order valence-corrected chi connectivity index (χ2v) is 8.28. The minimum Gasteiger partial charge on any atom is -0.455 e. The first-order chi connectivity index (χ1) is 14.9. The number of amides is 2. The predicted molar refractivity (Wildman–Crippen MR) is 120 cm³/mol. The highest BCUT2D eigenvalue weighted by atomic mass is 16.5. The van der Waals surface area contributed by atoms with Gasteiger partial charge in [-0.15, -0.1) is 0 Å². The van der Waals surface area contributed by atoms with Crippen LogP contribution in [0.25, 0.3) is 0 Å². The summed E-state index contributed by atoms with van der Waals surface area (Å²) in [4.78, 5) is 39.2. The lowest BCUT2D eigenvalue weighted by Gasteiger charge is -2.31. The number of esters is 1. The van der Waals surface area contributed by atoms with Crippen LogP contribution in [0.2, 0.25) is 0 Å². The molecule has 0 unspecified atom stereocenters. The molecule has 0 aromatic heterocycles. The molecule has 2 aromatic rings. The van der Waals surface area contributed by atoms with Crippen molar-refractivity contribution in [1.82, 2.24) is 4.90 Å². The lowest BCUT2D eigenvalue weighted by molar-refractivity contribution is -0.152. The van der Waals surface area contributed by atoms with Crippen molar-refractivity contribution >= 4 is 23.5 Å². The van der Waals surface area contributed by atoms with E-state index in [0.717, 1.165) is 16.8 Å². The molecule has 2 aromatic carbocycles. The molecule has 0 saturated carbocycles. The van der Waals surface area contributed by atoms with Crippen LogP contribution >= 0.6 is 0 Å². The number of nitrogens with one attached hydrogen (secondary N) is 1. The minimum absolute atomic E-state index is 0.00638. The van der Waals surface area contributed by atoms with E-state index in [-0.39, 0.29) is 36.2 Å². The molecular weight excluding hydrogens is 392 g/mol. The highest BCUT2D eigenvalue weighted by Crippen LogP contribution is 2.24. The molecule has 1 saturated heterocycles. The fraction of sp³-hybridized carbons (Fsp3) is 0.400. The van der Waals surface area contributed by atoms with Gasteiger partial charge in [0.1, 0.15) is 0 Å². The zero-order chi connectivity index (χ0) is 22.4. The van der Waals surface area contributed by atoms with Crippen LogP contribution in [-0.2, 0) is 14.3 Å². The number of carbonyl (C=O) groups is 3. The van der Waals surface area contributed by atoms with Crippen LogP contribution in [0.4, 0.5) is 5.69 Å². The molecule has 0 radical (unpaired) electrons. The summed E-state index contributed by atoms with van der Waals surface area (Å²) in [7, 11) is 0. The monoisotopic (exact) mass is 422 g/mol. The molecule has 0 spiro atoms. The van der Waals surface area contributed by atoms with Crippen molar-refractivity contribution in [3.63, 3.8) is 0 Å². The molecule has 6 nitrogen and oxygen atoms in total. The summed E-state index contributed by atoms with van der Waals surface area (Å²) in [6, 6.07) is 15.1. The molecule has 1 heterocycles. The summed E-state index contributed by atoms with van der Waals surface area (Å²) >= 11 is 0. The van der Waals surface area contributed by atoms with Gasteiger partial charge in [0.05, 0.1) is 5.92 Å². The average Bonchev–Trinajstić information content (AvgIpc) is 2.77. The predicted octanol–water partition coefficient (Wildman–Crippen LogP) is 4.15. The smallest absolute Gasteiger partial charge is 0.309 e. The molecule has 0 bridgehead atoms. The highest BCUT2D eigenvalue weighted by Gasteiger charge is 2.29. The van der Waals surface area contributed by atoms with E-state index >= 15 is 0 Å². The Morgan fingerprint density at radius 2 is 1.68 bits per heavy atom. The summed E-state index contributed by atoms with van der Waals surface area (Å²) in [5.41, 5.74) is 3.41. The number of carbonyl (C=O) groups excluding carboxylic acids is 3. The van der Waals surface area contributed by atoms with Crippen molar-refractivity contribution in [1.29, 1.82) is 0 Å². The Morgan fingerprint density at radius 1 is 1.03 bits per heavy atom. The van der Waals surface area contributed by atoms with E-state index in [1.54, 1.807) is 4.90 Å². The first-order valence-electron chi connectivity index (χ1n) is 10.8. The highest BCUT2D eigenvalue weighted by molar-refractivity contribution is 5.96. The number of ether oxygens (including phenoxy) is 1. The summed E-state index contributed by atoms with van der Waals surface area (Å²) in [5, 5.41) is 2.83. The quantitative estimate of drug-likeness (QED) is 0.710. The van der Waals surface area contributed by atoms with Crippen LogP contribution in [0.15, 0.2) is 48.5 Å². The van der Waals surface area contributed by atoms with Gasteiger partial charge in [0.25, 0.3) is 11.8 Å².